The number of allylic oxidation sites excluding steroid dienone is 1. The maximum absolute atomic E-state index is 13.4. The third kappa shape index (κ3) is 4.45. The van der Waals surface area contributed by atoms with E-state index in [1.807, 2.05) is 12.3 Å². The highest BCUT2D eigenvalue weighted by molar-refractivity contribution is 6.04. The van der Waals surface area contributed by atoms with Crippen molar-refractivity contribution < 1.29 is 18.0 Å². The summed E-state index contributed by atoms with van der Waals surface area (Å²) in [5.41, 5.74) is 0.960. The van der Waals surface area contributed by atoms with Crippen molar-refractivity contribution in [3.63, 3.8) is 0 Å². The molecule has 0 saturated carbocycles. The van der Waals surface area contributed by atoms with Crippen molar-refractivity contribution in [1.29, 1.82) is 0 Å². The van der Waals surface area contributed by atoms with Gasteiger partial charge in [-0.05, 0) is 30.5 Å². The molecule has 1 aliphatic heterocycles. The number of imidazole rings is 1. The smallest absolute Gasteiger partial charge is 0.334 e. The molecule has 7 heteroatoms. The van der Waals surface area contributed by atoms with Crippen LogP contribution in [0.15, 0.2) is 66.9 Å². The third-order valence-electron chi connectivity index (χ3n) is 5.00. The minimum atomic E-state index is -4.64. The number of fused-ring (bicyclic) bond motifs is 1. The summed E-state index contributed by atoms with van der Waals surface area (Å²) in [5, 5.41) is 2.54. The van der Waals surface area contributed by atoms with Gasteiger partial charge in [0.2, 0.25) is 5.91 Å². The van der Waals surface area contributed by atoms with Crippen LogP contribution in [-0.4, -0.2) is 21.6 Å². The predicted octanol–water partition coefficient (Wildman–Crippen LogP) is 5.47. The standard InChI is InChI=1S/C23H20F3N3O/c24-23(25,26)19(16-7-2-1-3-8-16)14-22(30)27-18-10-6-9-17(13-18)20-15-29-12-5-4-11-21(29)28-20/h1-3,6-10,13-15H,4-5,11-12H2,(H,27,30)/b19-14-. The van der Waals surface area contributed by atoms with Crippen molar-refractivity contribution in [2.75, 3.05) is 5.32 Å². The third-order valence-corrected chi connectivity index (χ3v) is 5.00. The predicted molar refractivity (Wildman–Crippen MR) is 110 cm³/mol. The molecule has 154 valence electrons. The molecule has 0 fully saturated rings. The van der Waals surface area contributed by atoms with E-state index in [1.165, 1.54) is 24.3 Å². The summed E-state index contributed by atoms with van der Waals surface area (Å²) in [5.74, 6) is 0.193. The van der Waals surface area contributed by atoms with Gasteiger partial charge in [0, 0.05) is 36.5 Å². The van der Waals surface area contributed by atoms with Gasteiger partial charge in [-0.2, -0.15) is 13.2 Å². The van der Waals surface area contributed by atoms with Gasteiger partial charge in [-0.15, -0.1) is 0 Å². The number of alkyl halides is 3. The van der Waals surface area contributed by atoms with Gasteiger partial charge in [0.15, 0.2) is 0 Å². The number of halogens is 3. The summed E-state index contributed by atoms with van der Waals surface area (Å²) in [4.78, 5) is 17.0. The zero-order valence-corrected chi connectivity index (χ0v) is 16.1. The van der Waals surface area contributed by atoms with Crippen LogP contribution in [-0.2, 0) is 17.8 Å². The molecule has 0 unspecified atom stereocenters. The number of hydrogen-bond acceptors (Lipinski definition) is 2. The van der Waals surface area contributed by atoms with Gasteiger partial charge >= 0.3 is 6.18 Å². The largest absolute Gasteiger partial charge is 0.417 e. The molecule has 2 heterocycles. The number of hydrogen-bond donors (Lipinski definition) is 1. The van der Waals surface area contributed by atoms with Crippen molar-refractivity contribution in [2.24, 2.45) is 0 Å². The molecule has 1 aliphatic rings. The monoisotopic (exact) mass is 411 g/mol. The second-order valence-corrected chi connectivity index (χ2v) is 7.18. The Morgan fingerprint density at radius 1 is 1.07 bits per heavy atom. The maximum atomic E-state index is 13.4. The molecule has 2 aromatic carbocycles. The Bertz CT molecular complexity index is 1060. The number of aryl methyl sites for hydroxylation is 2. The minimum absolute atomic E-state index is 0.0579. The average molecular weight is 411 g/mol. The number of carbonyl (C=O) groups excluding carboxylic acids is 1. The van der Waals surface area contributed by atoms with E-state index in [0.717, 1.165) is 42.9 Å². The number of anilines is 1. The van der Waals surface area contributed by atoms with E-state index in [9.17, 15) is 18.0 Å². The fourth-order valence-corrected chi connectivity index (χ4v) is 3.56. The van der Waals surface area contributed by atoms with Gasteiger partial charge < -0.3 is 9.88 Å². The number of carbonyl (C=O) groups is 1. The zero-order chi connectivity index (χ0) is 21.1. The molecule has 30 heavy (non-hydrogen) atoms. The summed E-state index contributed by atoms with van der Waals surface area (Å²) in [6, 6.07) is 14.2. The van der Waals surface area contributed by atoms with E-state index in [2.05, 4.69) is 14.9 Å². The van der Waals surface area contributed by atoms with Crippen LogP contribution in [0.1, 0.15) is 24.2 Å². The Balaban J connectivity index is 1.57. The van der Waals surface area contributed by atoms with Crippen LogP contribution in [0.25, 0.3) is 16.8 Å². The van der Waals surface area contributed by atoms with Crippen molar-refractivity contribution in [3.05, 3.63) is 78.3 Å². The normalized spacial score (nSPS) is 14.3. The minimum Gasteiger partial charge on any atom is -0.334 e. The Morgan fingerprint density at radius 2 is 1.87 bits per heavy atom. The molecule has 1 aromatic heterocycles. The fraction of sp³-hybridized carbons (Fsp3) is 0.217. The van der Waals surface area contributed by atoms with Crippen LogP contribution in [0, 0.1) is 0 Å². The Kier molecular flexibility index (Phi) is 5.44. The lowest BCUT2D eigenvalue weighted by atomic mass is 10.0. The van der Waals surface area contributed by atoms with Crippen molar-refractivity contribution >= 4 is 17.2 Å². The first kappa shape index (κ1) is 19.9. The quantitative estimate of drug-likeness (QED) is 0.579. The molecule has 0 saturated heterocycles. The SMILES string of the molecule is O=C(/C=C(/c1ccccc1)C(F)(F)F)Nc1cccc(-c2cn3c(n2)CCCC3)c1. The number of rotatable bonds is 4. The summed E-state index contributed by atoms with van der Waals surface area (Å²) in [6.45, 7) is 0.934. The molecule has 1 N–H and O–H groups in total. The topological polar surface area (TPSA) is 46.9 Å². The van der Waals surface area contributed by atoms with Crippen LogP contribution in [0.2, 0.25) is 0 Å². The first-order valence-electron chi connectivity index (χ1n) is 9.72. The number of benzene rings is 2. The number of amides is 1. The maximum Gasteiger partial charge on any atom is 0.417 e. The lowest BCUT2D eigenvalue weighted by molar-refractivity contribution is -0.112. The highest BCUT2D eigenvalue weighted by atomic mass is 19.4. The van der Waals surface area contributed by atoms with Gasteiger partial charge in [-0.3, -0.25) is 4.79 Å². The Labute approximate surface area is 172 Å². The van der Waals surface area contributed by atoms with Crippen LogP contribution in [0.4, 0.5) is 18.9 Å². The summed E-state index contributed by atoms with van der Waals surface area (Å²) < 4.78 is 42.5. The lowest BCUT2D eigenvalue weighted by Gasteiger charge is -2.12. The van der Waals surface area contributed by atoms with Crippen molar-refractivity contribution in [2.45, 2.75) is 32.0 Å². The molecule has 0 aliphatic carbocycles. The lowest BCUT2D eigenvalue weighted by Crippen LogP contribution is -2.16. The first-order chi connectivity index (χ1) is 14.4. The van der Waals surface area contributed by atoms with E-state index in [1.54, 1.807) is 24.3 Å². The molecule has 4 nitrogen and oxygen atoms in total. The van der Waals surface area contributed by atoms with Crippen LogP contribution >= 0.6 is 0 Å². The highest BCUT2D eigenvalue weighted by Crippen LogP contribution is 2.33. The fourth-order valence-electron chi connectivity index (χ4n) is 3.56. The second kappa shape index (κ2) is 8.18. The van der Waals surface area contributed by atoms with Gasteiger partial charge in [-0.1, -0.05) is 42.5 Å². The molecule has 3 aromatic rings. The van der Waals surface area contributed by atoms with Gasteiger partial charge in [0.25, 0.3) is 0 Å². The first-order valence-corrected chi connectivity index (χ1v) is 9.72. The molecule has 0 atom stereocenters. The second-order valence-electron chi connectivity index (χ2n) is 7.18. The van der Waals surface area contributed by atoms with Gasteiger partial charge in [0.05, 0.1) is 11.3 Å². The number of nitrogens with zero attached hydrogens (tertiary/aromatic N) is 2. The highest BCUT2D eigenvalue weighted by Gasteiger charge is 2.35. The van der Waals surface area contributed by atoms with Crippen LogP contribution in [0.5, 0.6) is 0 Å². The van der Waals surface area contributed by atoms with Crippen molar-refractivity contribution in [3.8, 4) is 11.3 Å². The van der Waals surface area contributed by atoms with E-state index in [-0.39, 0.29) is 5.56 Å². The molecular formula is C23H20F3N3O. The summed E-state index contributed by atoms with van der Waals surface area (Å²) in [6.07, 6.45) is 1.09. The van der Waals surface area contributed by atoms with E-state index >= 15 is 0 Å². The number of aromatic nitrogens is 2. The molecular weight excluding hydrogens is 391 g/mol. The molecule has 0 bridgehead atoms. The zero-order valence-electron chi connectivity index (χ0n) is 16.1. The average Bonchev–Trinajstić information content (AvgIpc) is 3.16. The Hall–Kier alpha value is -3.35. The van der Waals surface area contributed by atoms with E-state index in [0.29, 0.717) is 11.8 Å². The number of nitrogens with one attached hydrogen (secondary N) is 1. The Morgan fingerprint density at radius 3 is 2.60 bits per heavy atom. The molecule has 0 radical (unpaired) electrons. The van der Waals surface area contributed by atoms with E-state index in [4.69, 9.17) is 0 Å². The van der Waals surface area contributed by atoms with Gasteiger partial charge in [0.1, 0.15) is 5.82 Å². The van der Waals surface area contributed by atoms with Crippen LogP contribution in [0.3, 0.4) is 0 Å². The van der Waals surface area contributed by atoms with Crippen molar-refractivity contribution in [1.82, 2.24) is 9.55 Å². The van der Waals surface area contributed by atoms with E-state index < -0.39 is 17.7 Å². The molecule has 1 amide bonds. The van der Waals surface area contributed by atoms with Gasteiger partial charge in [-0.25, -0.2) is 4.98 Å². The summed E-state index contributed by atoms with van der Waals surface area (Å²) >= 11 is 0. The van der Waals surface area contributed by atoms with Crippen LogP contribution < -0.4 is 5.32 Å². The molecule has 4 rings (SSSR count). The summed E-state index contributed by atoms with van der Waals surface area (Å²) in [7, 11) is 0. The molecule has 0 spiro atoms.